The number of hydrogen-bond donors (Lipinski definition) is 6. The standard InChI is InChI=1S/2C2H2O4.Ag.BH2O3/c2*3-1(4)2(5)6;;2-1(3)4/h2*(H,3,4)(H,5,6);;2-3H/q;;+1;-1. The van der Waals surface area contributed by atoms with E-state index in [9.17, 15) is 0 Å². The summed E-state index contributed by atoms with van der Waals surface area (Å²) < 4.78 is 0. The van der Waals surface area contributed by atoms with E-state index in [4.69, 9.17) is 54.7 Å². The van der Waals surface area contributed by atoms with Gasteiger partial charge in [0.05, 0.1) is 0 Å². The van der Waals surface area contributed by atoms with Crippen LogP contribution in [-0.4, -0.2) is 61.7 Å². The maximum absolute atomic E-state index is 9.10. The van der Waals surface area contributed by atoms with E-state index in [0.29, 0.717) is 0 Å². The van der Waals surface area contributed by atoms with Gasteiger partial charge in [-0.1, -0.05) is 0 Å². The van der Waals surface area contributed by atoms with Gasteiger partial charge < -0.3 is 35.5 Å². The summed E-state index contributed by atoms with van der Waals surface area (Å²) in [6.45, 7) is 0. The SMILES string of the molecule is O=C(O)C(=O)O.O=C(O)C(=O)O.[Ag+].[O-]B(O)O. The van der Waals surface area contributed by atoms with Crippen LogP contribution in [0.3, 0.4) is 0 Å². The summed E-state index contributed by atoms with van der Waals surface area (Å²) in [4.78, 5) is 36.4. The van der Waals surface area contributed by atoms with E-state index in [2.05, 4.69) is 0 Å². The molecule has 0 aromatic heterocycles. The average Bonchev–Trinajstić information content (AvgIpc) is 2.03. The minimum Gasteiger partial charge on any atom is -0.832 e. The molecule has 0 rings (SSSR count). The van der Waals surface area contributed by atoms with E-state index in [-0.39, 0.29) is 22.4 Å². The maximum Gasteiger partial charge on any atom is 1.00 e. The molecule has 102 valence electrons. The molecule has 0 bridgehead atoms. The molecule has 0 aromatic carbocycles. The number of carboxylic acids is 4. The molecular formula is C4H6AgBO11. The fourth-order valence-corrected chi connectivity index (χ4v) is 0. The van der Waals surface area contributed by atoms with E-state index in [1.54, 1.807) is 0 Å². The minimum atomic E-state index is -2.42. The maximum atomic E-state index is 9.10. The van der Waals surface area contributed by atoms with Crippen LogP contribution in [0.4, 0.5) is 0 Å². The molecule has 0 unspecified atom stereocenters. The summed E-state index contributed by atoms with van der Waals surface area (Å²) in [6, 6.07) is 0. The number of carbonyl (C=O) groups is 4. The topological polar surface area (TPSA) is 213 Å². The zero-order chi connectivity index (χ0) is 13.9. The second kappa shape index (κ2) is 14.6. The summed E-state index contributed by atoms with van der Waals surface area (Å²) in [5, 5.41) is 52.3. The van der Waals surface area contributed by atoms with Crippen LogP contribution in [-0.2, 0) is 41.6 Å². The molecule has 17 heavy (non-hydrogen) atoms. The molecule has 0 atom stereocenters. The Morgan fingerprint density at radius 3 is 0.765 bits per heavy atom. The summed E-state index contributed by atoms with van der Waals surface area (Å²) in [7, 11) is -2.42. The van der Waals surface area contributed by atoms with Crippen molar-refractivity contribution in [2.24, 2.45) is 0 Å². The predicted molar refractivity (Wildman–Crippen MR) is 40.7 cm³/mol. The van der Waals surface area contributed by atoms with Gasteiger partial charge in [-0.15, -0.1) is 0 Å². The van der Waals surface area contributed by atoms with Crippen LogP contribution in [0.15, 0.2) is 0 Å². The third-order valence-corrected chi connectivity index (χ3v) is 0.366. The van der Waals surface area contributed by atoms with Gasteiger partial charge in [0.2, 0.25) is 0 Å². The first-order chi connectivity index (χ1) is 7.02. The molecule has 0 fully saturated rings. The smallest absolute Gasteiger partial charge is 0.832 e. The predicted octanol–water partition coefficient (Wildman–Crippen LogP) is -4.38. The van der Waals surface area contributed by atoms with Gasteiger partial charge in [0.1, 0.15) is 0 Å². The fraction of sp³-hybridized carbons (Fsp3) is 0. The van der Waals surface area contributed by atoms with E-state index in [1.165, 1.54) is 0 Å². The van der Waals surface area contributed by atoms with Crippen LogP contribution >= 0.6 is 0 Å². The molecule has 0 aliphatic rings. The summed E-state index contributed by atoms with van der Waals surface area (Å²) in [6.07, 6.45) is 0. The van der Waals surface area contributed by atoms with Crippen molar-refractivity contribution < 1.29 is 77.1 Å². The zero-order valence-electron chi connectivity index (χ0n) is 7.60. The minimum absolute atomic E-state index is 0. The molecule has 0 saturated carbocycles. The van der Waals surface area contributed by atoms with Crippen molar-refractivity contribution in [3.63, 3.8) is 0 Å². The molecule has 0 heterocycles. The molecule has 0 saturated heterocycles. The number of hydrogen-bond acceptors (Lipinski definition) is 7. The Hall–Kier alpha value is -1.43. The third-order valence-electron chi connectivity index (χ3n) is 0.366. The van der Waals surface area contributed by atoms with Crippen LogP contribution in [0.25, 0.3) is 0 Å². The Morgan fingerprint density at radius 2 is 0.765 bits per heavy atom. The second-order valence-electron chi connectivity index (χ2n) is 1.55. The number of rotatable bonds is 0. The molecule has 0 spiro atoms. The molecule has 0 aromatic rings. The van der Waals surface area contributed by atoms with Gasteiger partial charge >= 0.3 is 53.6 Å². The number of carboxylic acid groups (broad SMARTS) is 4. The van der Waals surface area contributed by atoms with Crippen molar-refractivity contribution in [1.82, 2.24) is 0 Å². The van der Waals surface area contributed by atoms with Gasteiger partial charge in [0, 0.05) is 0 Å². The Labute approximate surface area is 109 Å². The Bertz CT molecular complexity index is 211. The Kier molecular flexibility index (Phi) is 21.2. The van der Waals surface area contributed by atoms with Gasteiger partial charge in [0.25, 0.3) is 0 Å². The zero-order valence-corrected chi connectivity index (χ0v) is 9.09. The second-order valence-corrected chi connectivity index (χ2v) is 1.55. The Morgan fingerprint density at radius 1 is 0.706 bits per heavy atom. The van der Waals surface area contributed by atoms with Crippen LogP contribution in [0.1, 0.15) is 0 Å². The van der Waals surface area contributed by atoms with Gasteiger partial charge in [0.15, 0.2) is 0 Å². The van der Waals surface area contributed by atoms with Gasteiger partial charge in [-0.25, -0.2) is 19.2 Å². The van der Waals surface area contributed by atoms with Crippen LogP contribution in [0.2, 0.25) is 0 Å². The molecular weight excluding hydrogens is 343 g/mol. The van der Waals surface area contributed by atoms with Crippen LogP contribution in [0.5, 0.6) is 0 Å². The molecule has 13 heteroatoms. The quantitative estimate of drug-likeness (QED) is 0.181. The average molecular weight is 349 g/mol. The molecule has 0 amide bonds. The molecule has 0 aliphatic carbocycles. The molecule has 6 N–H and O–H groups in total. The summed E-state index contributed by atoms with van der Waals surface area (Å²) in [5.74, 6) is -7.30. The van der Waals surface area contributed by atoms with Gasteiger partial charge in [-0.3, -0.25) is 0 Å². The fourth-order valence-electron chi connectivity index (χ4n) is 0. The van der Waals surface area contributed by atoms with Crippen molar-refractivity contribution in [3.8, 4) is 0 Å². The van der Waals surface area contributed by atoms with Gasteiger partial charge in [-0.05, 0) is 0 Å². The summed E-state index contributed by atoms with van der Waals surface area (Å²) in [5.41, 5.74) is 0. The van der Waals surface area contributed by atoms with Crippen LogP contribution in [0, 0.1) is 0 Å². The largest absolute Gasteiger partial charge is 1.00 e. The van der Waals surface area contributed by atoms with Crippen molar-refractivity contribution >= 4 is 31.2 Å². The first-order valence-electron chi connectivity index (χ1n) is 2.96. The van der Waals surface area contributed by atoms with E-state index < -0.39 is 31.2 Å². The number of aliphatic carboxylic acids is 4. The van der Waals surface area contributed by atoms with E-state index in [0.717, 1.165) is 0 Å². The summed E-state index contributed by atoms with van der Waals surface area (Å²) >= 11 is 0. The third kappa shape index (κ3) is 53.4. The first-order valence-corrected chi connectivity index (χ1v) is 2.96. The van der Waals surface area contributed by atoms with E-state index in [1.807, 2.05) is 0 Å². The molecule has 0 radical (unpaired) electrons. The van der Waals surface area contributed by atoms with Crippen molar-refractivity contribution in [2.45, 2.75) is 0 Å². The van der Waals surface area contributed by atoms with Crippen molar-refractivity contribution in [2.75, 3.05) is 0 Å². The van der Waals surface area contributed by atoms with Gasteiger partial charge in [-0.2, -0.15) is 0 Å². The molecule has 11 nitrogen and oxygen atoms in total. The Balaban J connectivity index is -0.0000000741. The van der Waals surface area contributed by atoms with E-state index >= 15 is 0 Å². The molecule has 0 aliphatic heterocycles. The van der Waals surface area contributed by atoms with Crippen LogP contribution < -0.4 is 5.02 Å². The monoisotopic (exact) mass is 348 g/mol. The van der Waals surface area contributed by atoms with Crippen molar-refractivity contribution in [1.29, 1.82) is 0 Å². The normalized spacial score (nSPS) is 6.76. The first kappa shape index (κ1) is 24.7. The van der Waals surface area contributed by atoms with Crippen molar-refractivity contribution in [3.05, 3.63) is 0 Å².